The molecule has 7 nitrogen and oxygen atoms in total. The molecule has 28 heavy (non-hydrogen) atoms. The first-order chi connectivity index (χ1) is 13.1. The summed E-state index contributed by atoms with van der Waals surface area (Å²) in [5.74, 6) is 0.703. The molecule has 3 rings (SSSR count). The lowest BCUT2D eigenvalue weighted by Gasteiger charge is -2.18. The van der Waals surface area contributed by atoms with Crippen LogP contribution in [-0.4, -0.2) is 48.3 Å². The molecular weight excluding hydrogens is 467 g/mol. The summed E-state index contributed by atoms with van der Waals surface area (Å²) in [6.07, 6.45) is 1.84. The fraction of sp³-hybridized carbons (Fsp3) is 0.450. The van der Waals surface area contributed by atoms with E-state index < -0.39 is 0 Å². The van der Waals surface area contributed by atoms with Gasteiger partial charge in [0.2, 0.25) is 5.91 Å². The van der Waals surface area contributed by atoms with Crippen LogP contribution in [-0.2, 0) is 17.8 Å². The Balaban J connectivity index is 0.00000280. The number of carbonyl (C=O) groups excluding carboxylic acids is 1. The number of aryl methyl sites for hydroxylation is 3. The number of halogens is 1. The van der Waals surface area contributed by atoms with Crippen molar-refractivity contribution in [1.82, 2.24) is 20.4 Å². The lowest BCUT2D eigenvalue weighted by atomic mass is 10.2. The number of nitrogens with zero attached hydrogens (tertiary/aromatic N) is 4. The Kier molecular flexibility index (Phi) is 8.28. The van der Waals surface area contributed by atoms with Crippen LogP contribution < -0.4 is 15.5 Å². The van der Waals surface area contributed by atoms with Crippen LogP contribution in [0.3, 0.4) is 0 Å². The summed E-state index contributed by atoms with van der Waals surface area (Å²) >= 11 is 0. The SMILES string of the molecule is CN=C(NCCCn1nc(C)cc1C)NCC(=O)N1CCc2ccccc21.I. The predicted octanol–water partition coefficient (Wildman–Crippen LogP) is 2.26. The third kappa shape index (κ3) is 5.46. The van der Waals surface area contributed by atoms with Crippen molar-refractivity contribution in [2.45, 2.75) is 33.2 Å². The molecule has 1 aromatic carbocycles. The normalized spacial score (nSPS) is 13.1. The number of hydrogen-bond acceptors (Lipinski definition) is 3. The summed E-state index contributed by atoms with van der Waals surface area (Å²) in [7, 11) is 1.71. The van der Waals surface area contributed by atoms with Crippen molar-refractivity contribution in [3.63, 3.8) is 0 Å². The van der Waals surface area contributed by atoms with E-state index >= 15 is 0 Å². The molecule has 8 heteroatoms. The van der Waals surface area contributed by atoms with Gasteiger partial charge in [0.05, 0.1) is 12.2 Å². The molecule has 1 aromatic heterocycles. The van der Waals surface area contributed by atoms with Crippen LogP contribution in [0.15, 0.2) is 35.3 Å². The van der Waals surface area contributed by atoms with Crippen LogP contribution in [0.1, 0.15) is 23.4 Å². The lowest BCUT2D eigenvalue weighted by molar-refractivity contribution is -0.117. The molecule has 0 saturated carbocycles. The number of aromatic nitrogens is 2. The van der Waals surface area contributed by atoms with Crippen molar-refractivity contribution in [1.29, 1.82) is 0 Å². The fourth-order valence-electron chi connectivity index (χ4n) is 3.41. The van der Waals surface area contributed by atoms with Gasteiger partial charge in [-0.3, -0.25) is 14.5 Å². The highest BCUT2D eigenvalue weighted by Crippen LogP contribution is 2.27. The Labute approximate surface area is 183 Å². The number of aliphatic imine (C=N–C) groups is 1. The smallest absolute Gasteiger partial charge is 0.246 e. The average molecular weight is 496 g/mol. The van der Waals surface area contributed by atoms with Gasteiger partial charge in [-0.25, -0.2) is 0 Å². The maximum atomic E-state index is 12.6. The molecule has 0 spiro atoms. The van der Waals surface area contributed by atoms with Gasteiger partial charge in [-0.05, 0) is 44.4 Å². The number of rotatable bonds is 6. The minimum atomic E-state index is 0. The number of para-hydroxylation sites is 1. The molecule has 2 N–H and O–H groups in total. The quantitative estimate of drug-likeness (QED) is 0.279. The van der Waals surface area contributed by atoms with Crippen LogP contribution in [0.2, 0.25) is 0 Å². The van der Waals surface area contributed by atoms with E-state index in [4.69, 9.17) is 0 Å². The lowest BCUT2D eigenvalue weighted by Crippen LogP contribution is -2.44. The third-order valence-corrected chi connectivity index (χ3v) is 4.76. The van der Waals surface area contributed by atoms with E-state index in [9.17, 15) is 4.79 Å². The summed E-state index contributed by atoms with van der Waals surface area (Å²) in [6.45, 7) is 6.66. The van der Waals surface area contributed by atoms with Gasteiger partial charge in [0, 0.05) is 38.1 Å². The van der Waals surface area contributed by atoms with E-state index in [2.05, 4.69) is 39.8 Å². The van der Waals surface area contributed by atoms with Gasteiger partial charge < -0.3 is 15.5 Å². The number of carbonyl (C=O) groups is 1. The van der Waals surface area contributed by atoms with Crippen LogP contribution in [0.25, 0.3) is 0 Å². The minimum absolute atomic E-state index is 0. The van der Waals surface area contributed by atoms with Crippen molar-refractivity contribution in [3.05, 3.63) is 47.3 Å². The number of hydrogen-bond donors (Lipinski definition) is 2. The summed E-state index contributed by atoms with van der Waals surface area (Å²) in [5, 5.41) is 10.8. The Morgan fingerprint density at radius 3 is 2.75 bits per heavy atom. The summed E-state index contributed by atoms with van der Waals surface area (Å²) in [6, 6.07) is 10.2. The highest BCUT2D eigenvalue weighted by Gasteiger charge is 2.23. The number of guanidine groups is 1. The summed E-state index contributed by atoms with van der Waals surface area (Å²) in [4.78, 5) is 18.6. The van der Waals surface area contributed by atoms with Gasteiger partial charge in [-0.2, -0.15) is 5.10 Å². The second kappa shape index (κ2) is 10.4. The van der Waals surface area contributed by atoms with Gasteiger partial charge in [-0.15, -0.1) is 24.0 Å². The zero-order valence-corrected chi connectivity index (χ0v) is 19.1. The number of fused-ring (bicyclic) bond motifs is 1. The zero-order valence-electron chi connectivity index (χ0n) is 16.7. The standard InChI is InChI=1S/C20H28N6O.HI/c1-15-13-16(2)26(24-15)11-6-10-22-20(21-3)23-14-19(27)25-12-9-17-7-4-5-8-18(17)25;/h4-5,7-8,13H,6,9-12,14H2,1-3H3,(H2,21,22,23);1H. The molecule has 152 valence electrons. The van der Waals surface area contributed by atoms with Gasteiger partial charge in [0.1, 0.15) is 0 Å². The predicted molar refractivity (Wildman–Crippen MR) is 124 cm³/mol. The van der Waals surface area contributed by atoms with Crippen LogP contribution in [0.4, 0.5) is 5.69 Å². The minimum Gasteiger partial charge on any atom is -0.356 e. The Hall–Kier alpha value is -2.10. The number of anilines is 1. The maximum absolute atomic E-state index is 12.6. The van der Waals surface area contributed by atoms with Crippen molar-refractivity contribution in [2.75, 3.05) is 31.6 Å². The average Bonchev–Trinajstić information content (AvgIpc) is 3.23. The molecule has 2 aromatic rings. The van der Waals surface area contributed by atoms with E-state index in [0.29, 0.717) is 5.96 Å². The second-order valence-corrected chi connectivity index (χ2v) is 6.78. The van der Waals surface area contributed by atoms with Gasteiger partial charge in [0.25, 0.3) is 0 Å². The molecule has 0 radical (unpaired) electrons. The molecule has 0 fully saturated rings. The second-order valence-electron chi connectivity index (χ2n) is 6.78. The van der Waals surface area contributed by atoms with E-state index in [-0.39, 0.29) is 36.4 Å². The Morgan fingerprint density at radius 1 is 1.25 bits per heavy atom. The molecule has 1 aliphatic heterocycles. The summed E-state index contributed by atoms with van der Waals surface area (Å²) in [5.41, 5.74) is 4.47. The third-order valence-electron chi connectivity index (χ3n) is 4.76. The Bertz CT molecular complexity index is 832. The van der Waals surface area contributed by atoms with Crippen molar-refractivity contribution >= 4 is 41.5 Å². The monoisotopic (exact) mass is 496 g/mol. The zero-order chi connectivity index (χ0) is 19.2. The van der Waals surface area contributed by atoms with E-state index in [1.807, 2.05) is 34.7 Å². The molecule has 0 aliphatic carbocycles. The first-order valence-corrected chi connectivity index (χ1v) is 9.42. The Morgan fingerprint density at radius 2 is 2.04 bits per heavy atom. The molecule has 0 atom stereocenters. The van der Waals surface area contributed by atoms with E-state index in [1.54, 1.807) is 7.05 Å². The topological polar surface area (TPSA) is 74.5 Å². The molecular formula is C20H29IN6O. The summed E-state index contributed by atoms with van der Waals surface area (Å²) < 4.78 is 2.02. The number of amides is 1. The van der Waals surface area contributed by atoms with Gasteiger partial charge in [0.15, 0.2) is 5.96 Å². The van der Waals surface area contributed by atoms with E-state index in [1.165, 1.54) is 11.3 Å². The van der Waals surface area contributed by atoms with Gasteiger partial charge in [-0.1, -0.05) is 18.2 Å². The van der Waals surface area contributed by atoms with Crippen LogP contribution >= 0.6 is 24.0 Å². The van der Waals surface area contributed by atoms with E-state index in [0.717, 1.165) is 43.9 Å². The molecule has 1 aliphatic rings. The fourth-order valence-corrected chi connectivity index (χ4v) is 3.41. The van der Waals surface area contributed by atoms with Crippen molar-refractivity contribution in [2.24, 2.45) is 4.99 Å². The van der Waals surface area contributed by atoms with Crippen LogP contribution in [0.5, 0.6) is 0 Å². The van der Waals surface area contributed by atoms with Crippen molar-refractivity contribution < 1.29 is 4.79 Å². The molecule has 1 amide bonds. The van der Waals surface area contributed by atoms with Crippen molar-refractivity contribution in [3.8, 4) is 0 Å². The van der Waals surface area contributed by atoms with Gasteiger partial charge >= 0.3 is 0 Å². The number of benzene rings is 1. The number of nitrogens with one attached hydrogen (secondary N) is 2. The van der Waals surface area contributed by atoms with Crippen LogP contribution in [0, 0.1) is 13.8 Å². The molecule has 0 unspecified atom stereocenters. The highest BCUT2D eigenvalue weighted by atomic mass is 127. The highest BCUT2D eigenvalue weighted by molar-refractivity contribution is 14.0. The molecule has 0 bridgehead atoms. The molecule has 2 heterocycles. The molecule has 0 saturated heterocycles. The first-order valence-electron chi connectivity index (χ1n) is 9.42. The first kappa shape index (κ1) is 22.2. The maximum Gasteiger partial charge on any atom is 0.246 e. The largest absolute Gasteiger partial charge is 0.356 e.